The van der Waals surface area contributed by atoms with E-state index in [1.165, 1.54) is 0 Å². The second kappa shape index (κ2) is 5.34. The minimum Gasteiger partial charge on any atom is -0.377 e. The molecule has 2 N–H and O–H groups in total. The minimum absolute atomic E-state index is 0.0629. The van der Waals surface area contributed by atoms with Crippen molar-refractivity contribution in [3.63, 3.8) is 0 Å². The number of hydrogen-bond donors (Lipinski definition) is 1. The molecule has 4 heteroatoms. The Balaban J connectivity index is 1.58. The Morgan fingerprint density at radius 2 is 2.24 bits per heavy atom. The van der Waals surface area contributed by atoms with Gasteiger partial charge in [-0.1, -0.05) is 19.9 Å². The standard InChI is InChI=1S/C17H27N3O/c1-16(2)15-14(8-11-21-15)17(16,18)12-20(3)10-7-13-6-4-5-9-19-13/h4-6,9,14-15H,7-8,10-12,18H2,1-3H3. The number of pyridine rings is 1. The fraction of sp³-hybridized carbons (Fsp3) is 0.706. The molecule has 0 radical (unpaired) electrons. The van der Waals surface area contributed by atoms with E-state index in [1.807, 2.05) is 18.3 Å². The topological polar surface area (TPSA) is 51.4 Å². The van der Waals surface area contributed by atoms with E-state index < -0.39 is 0 Å². The first kappa shape index (κ1) is 14.9. The second-order valence-corrected chi connectivity index (χ2v) is 7.26. The van der Waals surface area contributed by atoms with Crippen LogP contribution in [-0.2, 0) is 11.2 Å². The van der Waals surface area contributed by atoms with Crippen LogP contribution in [0.15, 0.2) is 24.4 Å². The molecule has 3 rings (SSSR count). The highest BCUT2D eigenvalue weighted by Crippen LogP contribution is 2.58. The maximum Gasteiger partial charge on any atom is 0.0691 e. The molecule has 3 unspecified atom stereocenters. The van der Waals surface area contributed by atoms with Crippen LogP contribution in [0.25, 0.3) is 0 Å². The van der Waals surface area contributed by atoms with Gasteiger partial charge in [-0.25, -0.2) is 0 Å². The smallest absolute Gasteiger partial charge is 0.0691 e. The van der Waals surface area contributed by atoms with Gasteiger partial charge >= 0.3 is 0 Å². The molecule has 0 aromatic carbocycles. The zero-order chi connectivity index (χ0) is 15.1. The molecule has 3 atom stereocenters. The van der Waals surface area contributed by atoms with Gasteiger partial charge in [0.15, 0.2) is 0 Å². The average molecular weight is 289 g/mol. The molecular formula is C17H27N3O. The van der Waals surface area contributed by atoms with Crippen molar-refractivity contribution in [2.24, 2.45) is 17.1 Å². The maximum absolute atomic E-state index is 6.80. The highest BCUT2D eigenvalue weighted by molar-refractivity contribution is 5.21. The predicted octanol–water partition coefficient (Wildman–Crippen LogP) is 1.70. The normalized spacial score (nSPS) is 33.8. The molecule has 2 fully saturated rings. The molecule has 1 aromatic rings. The van der Waals surface area contributed by atoms with Gasteiger partial charge in [0.25, 0.3) is 0 Å². The maximum atomic E-state index is 6.80. The Morgan fingerprint density at radius 1 is 1.43 bits per heavy atom. The molecule has 1 aliphatic heterocycles. The van der Waals surface area contributed by atoms with Crippen LogP contribution in [0.3, 0.4) is 0 Å². The summed E-state index contributed by atoms with van der Waals surface area (Å²) in [5.41, 5.74) is 7.87. The van der Waals surface area contributed by atoms with E-state index in [-0.39, 0.29) is 11.0 Å². The Hall–Kier alpha value is -0.970. The fourth-order valence-electron chi connectivity index (χ4n) is 4.17. The molecule has 1 saturated carbocycles. The number of ether oxygens (including phenoxy) is 1. The van der Waals surface area contributed by atoms with Crippen LogP contribution < -0.4 is 5.73 Å². The van der Waals surface area contributed by atoms with E-state index in [1.54, 1.807) is 0 Å². The molecule has 1 aliphatic carbocycles. The van der Waals surface area contributed by atoms with Gasteiger partial charge in [0.05, 0.1) is 6.10 Å². The van der Waals surface area contributed by atoms with E-state index >= 15 is 0 Å². The number of aromatic nitrogens is 1. The summed E-state index contributed by atoms with van der Waals surface area (Å²) in [6.07, 6.45) is 4.29. The van der Waals surface area contributed by atoms with Crippen molar-refractivity contribution in [3.8, 4) is 0 Å². The van der Waals surface area contributed by atoms with Crippen molar-refractivity contribution in [3.05, 3.63) is 30.1 Å². The SMILES string of the molecule is CN(CCc1ccccn1)CC1(N)C2CCOC2C1(C)C. The van der Waals surface area contributed by atoms with Gasteiger partial charge in [-0.3, -0.25) is 4.98 Å². The second-order valence-electron chi connectivity index (χ2n) is 7.26. The van der Waals surface area contributed by atoms with Crippen LogP contribution in [-0.4, -0.2) is 48.3 Å². The molecule has 2 heterocycles. The first-order chi connectivity index (χ1) is 9.95. The minimum atomic E-state index is -0.132. The fourth-order valence-corrected chi connectivity index (χ4v) is 4.17. The van der Waals surface area contributed by atoms with Crippen molar-refractivity contribution in [1.29, 1.82) is 0 Å². The number of rotatable bonds is 5. The summed E-state index contributed by atoms with van der Waals surface area (Å²) in [6, 6.07) is 6.08. The van der Waals surface area contributed by atoms with Crippen molar-refractivity contribution in [2.45, 2.75) is 38.3 Å². The summed E-state index contributed by atoms with van der Waals surface area (Å²) in [5, 5.41) is 0. The van der Waals surface area contributed by atoms with Crippen molar-refractivity contribution < 1.29 is 4.74 Å². The predicted molar refractivity (Wildman–Crippen MR) is 84.0 cm³/mol. The largest absolute Gasteiger partial charge is 0.377 e. The summed E-state index contributed by atoms with van der Waals surface area (Å²) in [6.45, 7) is 7.30. The van der Waals surface area contributed by atoms with Gasteiger partial charge in [-0.15, -0.1) is 0 Å². The van der Waals surface area contributed by atoms with Crippen molar-refractivity contribution in [1.82, 2.24) is 9.88 Å². The molecule has 2 aliphatic rings. The Labute approximate surface area is 127 Å². The van der Waals surface area contributed by atoms with E-state index in [0.717, 1.165) is 38.2 Å². The number of fused-ring (bicyclic) bond motifs is 1. The summed E-state index contributed by atoms with van der Waals surface area (Å²) in [7, 11) is 2.16. The van der Waals surface area contributed by atoms with Crippen molar-refractivity contribution in [2.75, 3.05) is 26.7 Å². The van der Waals surface area contributed by atoms with E-state index in [9.17, 15) is 0 Å². The number of nitrogens with zero attached hydrogens (tertiary/aromatic N) is 2. The molecule has 1 aromatic heterocycles. The third-order valence-corrected chi connectivity index (χ3v) is 5.67. The zero-order valence-electron chi connectivity index (χ0n) is 13.4. The Bertz CT molecular complexity index is 490. The molecule has 0 spiro atoms. The van der Waals surface area contributed by atoms with Crippen LogP contribution in [0.4, 0.5) is 0 Å². The van der Waals surface area contributed by atoms with Gasteiger partial charge in [0.2, 0.25) is 0 Å². The van der Waals surface area contributed by atoms with Crippen LogP contribution in [0, 0.1) is 11.3 Å². The van der Waals surface area contributed by atoms with E-state index in [2.05, 4.69) is 36.8 Å². The highest BCUT2D eigenvalue weighted by atomic mass is 16.5. The van der Waals surface area contributed by atoms with Gasteiger partial charge in [0, 0.05) is 54.9 Å². The molecule has 0 amide bonds. The quantitative estimate of drug-likeness (QED) is 0.896. The van der Waals surface area contributed by atoms with Gasteiger partial charge in [-0.05, 0) is 25.6 Å². The molecule has 0 bridgehead atoms. The third kappa shape index (κ3) is 2.39. The lowest BCUT2D eigenvalue weighted by atomic mass is 9.48. The average Bonchev–Trinajstić information content (AvgIpc) is 2.95. The highest BCUT2D eigenvalue weighted by Gasteiger charge is 2.67. The first-order valence-electron chi connectivity index (χ1n) is 7.94. The lowest BCUT2D eigenvalue weighted by Crippen LogP contribution is -2.78. The van der Waals surface area contributed by atoms with Gasteiger partial charge < -0.3 is 15.4 Å². The molecular weight excluding hydrogens is 262 g/mol. The number of hydrogen-bond acceptors (Lipinski definition) is 4. The monoisotopic (exact) mass is 289 g/mol. The molecule has 4 nitrogen and oxygen atoms in total. The first-order valence-corrected chi connectivity index (χ1v) is 7.94. The van der Waals surface area contributed by atoms with Gasteiger partial charge in [0.1, 0.15) is 0 Å². The molecule has 1 saturated heterocycles. The number of likely N-dealkylation sites (N-methyl/N-ethyl adjacent to an activating group) is 1. The summed E-state index contributed by atoms with van der Waals surface area (Å²) < 4.78 is 5.86. The summed E-state index contributed by atoms with van der Waals surface area (Å²) >= 11 is 0. The lowest BCUT2D eigenvalue weighted by Gasteiger charge is -2.63. The zero-order valence-corrected chi connectivity index (χ0v) is 13.4. The summed E-state index contributed by atoms with van der Waals surface area (Å²) in [5.74, 6) is 0.518. The van der Waals surface area contributed by atoms with Crippen molar-refractivity contribution >= 4 is 0 Å². The van der Waals surface area contributed by atoms with Crippen LogP contribution in [0.1, 0.15) is 26.0 Å². The Morgan fingerprint density at radius 3 is 2.95 bits per heavy atom. The van der Waals surface area contributed by atoms with Gasteiger partial charge in [-0.2, -0.15) is 0 Å². The summed E-state index contributed by atoms with van der Waals surface area (Å²) in [4.78, 5) is 6.74. The Kier molecular flexibility index (Phi) is 3.80. The molecule has 21 heavy (non-hydrogen) atoms. The van der Waals surface area contributed by atoms with E-state index in [0.29, 0.717) is 12.0 Å². The van der Waals surface area contributed by atoms with Crippen LogP contribution in [0.5, 0.6) is 0 Å². The van der Waals surface area contributed by atoms with Crippen LogP contribution >= 0.6 is 0 Å². The van der Waals surface area contributed by atoms with E-state index in [4.69, 9.17) is 10.5 Å². The van der Waals surface area contributed by atoms with Crippen LogP contribution in [0.2, 0.25) is 0 Å². The number of nitrogens with two attached hydrogens (primary N) is 1. The molecule has 116 valence electrons. The third-order valence-electron chi connectivity index (χ3n) is 5.67. The lowest BCUT2D eigenvalue weighted by molar-refractivity contribution is -0.161.